The number of amides is 1. The average molecular weight is 542 g/mol. The second kappa shape index (κ2) is 11.4. The summed E-state index contributed by atoms with van der Waals surface area (Å²) in [6, 6.07) is 6.10. The summed E-state index contributed by atoms with van der Waals surface area (Å²) in [6.07, 6.45) is -1.27. The van der Waals surface area contributed by atoms with E-state index in [0.717, 1.165) is 11.3 Å². The molecule has 1 aromatic carbocycles. The molecule has 1 heterocycles. The number of nitrogens with one attached hydrogen (secondary N) is 2. The minimum absolute atomic E-state index is 0.0832. The highest BCUT2D eigenvalue weighted by atomic mass is 35.6. The summed E-state index contributed by atoms with van der Waals surface area (Å²) in [5.74, 6) is -1.84. The van der Waals surface area contributed by atoms with Crippen molar-refractivity contribution in [2.24, 2.45) is 0 Å². The molecule has 0 fully saturated rings. The summed E-state index contributed by atoms with van der Waals surface area (Å²) < 4.78 is 8.14. The number of alkyl halides is 3. The average Bonchev–Trinajstić information content (AvgIpc) is 3.03. The molecule has 0 radical (unpaired) electrons. The number of hydrogen-bond acceptors (Lipinski definition) is 7. The lowest BCUT2D eigenvalue weighted by Gasteiger charge is -2.27. The van der Waals surface area contributed by atoms with Gasteiger partial charge in [-0.3, -0.25) is 4.79 Å². The summed E-state index contributed by atoms with van der Waals surface area (Å²) in [6.45, 7) is 5.16. The van der Waals surface area contributed by atoms with E-state index in [1.54, 1.807) is 32.9 Å². The SMILES string of the molecule is CCOC(=O)c1sc(NC(NC(=O)c2ccc(Cl)cc2)C(Cl)(Cl)Cl)c(C(=O)OCC)c1C. The van der Waals surface area contributed by atoms with E-state index in [1.165, 1.54) is 12.1 Å². The minimum Gasteiger partial charge on any atom is -0.462 e. The summed E-state index contributed by atoms with van der Waals surface area (Å²) in [7, 11) is 0. The van der Waals surface area contributed by atoms with E-state index in [9.17, 15) is 14.4 Å². The number of hydrogen-bond donors (Lipinski definition) is 2. The van der Waals surface area contributed by atoms with Crippen molar-refractivity contribution < 1.29 is 23.9 Å². The first-order chi connectivity index (χ1) is 15.0. The maximum atomic E-state index is 12.7. The van der Waals surface area contributed by atoms with Crippen LogP contribution >= 0.6 is 57.7 Å². The van der Waals surface area contributed by atoms with Crippen molar-refractivity contribution in [3.63, 3.8) is 0 Å². The molecule has 174 valence electrons. The van der Waals surface area contributed by atoms with Gasteiger partial charge in [0, 0.05) is 10.6 Å². The summed E-state index contributed by atoms with van der Waals surface area (Å²) in [5.41, 5.74) is 0.706. The molecule has 2 rings (SSSR count). The number of halogens is 4. The molecule has 0 spiro atoms. The van der Waals surface area contributed by atoms with Crippen LogP contribution in [-0.4, -0.2) is 41.0 Å². The van der Waals surface area contributed by atoms with Crippen molar-refractivity contribution in [1.82, 2.24) is 5.32 Å². The Labute approximate surface area is 209 Å². The molecule has 7 nitrogen and oxygen atoms in total. The van der Waals surface area contributed by atoms with Crippen LogP contribution in [0.25, 0.3) is 0 Å². The standard InChI is InChI=1S/C20H20Cl4N2O5S/c1-4-30-17(28)13-10(3)14(18(29)31-5-2)32-16(13)26-19(20(22,23)24)25-15(27)11-6-8-12(21)9-7-11/h6-9,19,26H,4-5H2,1-3H3,(H,25,27). The van der Waals surface area contributed by atoms with Gasteiger partial charge in [0.1, 0.15) is 16.0 Å². The van der Waals surface area contributed by atoms with Crippen molar-refractivity contribution in [2.75, 3.05) is 18.5 Å². The lowest BCUT2D eigenvalue weighted by molar-refractivity contribution is 0.0527. The van der Waals surface area contributed by atoms with Crippen LogP contribution in [0.1, 0.15) is 49.8 Å². The summed E-state index contributed by atoms with van der Waals surface area (Å²) in [4.78, 5) is 37.8. The van der Waals surface area contributed by atoms with Gasteiger partial charge in [0.25, 0.3) is 5.91 Å². The highest BCUT2D eigenvalue weighted by Gasteiger charge is 2.37. The van der Waals surface area contributed by atoms with Crippen LogP contribution in [0.5, 0.6) is 0 Å². The Kier molecular flexibility index (Phi) is 9.48. The van der Waals surface area contributed by atoms with Crippen LogP contribution in [0.15, 0.2) is 24.3 Å². The molecular formula is C20H20Cl4N2O5S. The Hall–Kier alpha value is -1.71. The quantitative estimate of drug-likeness (QED) is 0.256. The van der Waals surface area contributed by atoms with E-state index in [4.69, 9.17) is 55.9 Å². The van der Waals surface area contributed by atoms with Crippen LogP contribution in [0.2, 0.25) is 5.02 Å². The molecule has 0 saturated heterocycles. The lowest BCUT2D eigenvalue weighted by atomic mass is 10.1. The minimum atomic E-state index is -2.02. The van der Waals surface area contributed by atoms with Gasteiger partial charge in [-0.05, 0) is 50.6 Å². The third kappa shape index (κ3) is 6.65. The third-order valence-corrected chi connectivity index (χ3v) is 6.18. The van der Waals surface area contributed by atoms with Crippen LogP contribution < -0.4 is 10.6 Å². The van der Waals surface area contributed by atoms with Crippen LogP contribution in [0.3, 0.4) is 0 Å². The number of ether oxygens (including phenoxy) is 2. The number of esters is 2. The van der Waals surface area contributed by atoms with Gasteiger partial charge in [-0.2, -0.15) is 0 Å². The van der Waals surface area contributed by atoms with Crippen molar-refractivity contribution in [3.8, 4) is 0 Å². The van der Waals surface area contributed by atoms with Gasteiger partial charge in [-0.25, -0.2) is 9.59 Å². The zero-order valence-electron chi connectivity index (χ0n) is 17.3. The molecule has 32 heavy (non-hydrogen) atoms. The molecule has 0 saturated carbocycles. The zero-order valence-corrected chi connectivity index (χ0v) is 21.1. The fraction of sp³-hybridized carbons (Fsp3) is 0.350. The normalized spacial score (nSPS) is 12.1. The molecule has 0 aliphatic rings. The number of carbonyl (C=O) groups excluding carboxylic acids is 3. The predicted molar refractivity (Wildman–Crippen MR) is 128 cm³/mol. The van der Waals surface area contributed by atoms with Gasteiger partial charge in [-0.1, -0.05) is 46.4 Å². The van der Waals surface area contributed by atoms with E-state index < -0.39 is 27.8 Å². The molecule has 2 aromatic rings. The van der Waals surface area contributed by atoms with Crippen molar-refractivity contribution in [1.29, 1.82) is 0 Å². The van der Waals surface area contributed by atoms with Crippen molar-refractivity contribution in [3.05, 3.63) is 50.9 Å². The maximum Gasteiger partial charge on any atom is 0.348 e. The molecule has 1 amide bonds. The Balaban J connectivity index is 2.42. The Morgan fingerprint density at radius 3 is 2.12 bits per heavy atom. The van der Waals surface area contributed by atoms with Crippen LogP contribution in [0, 0.1) is 6.92 Å². The molecule has 12 heteroatoms. The number of thiophene rings is 1. The van der Waals surface area contributed by atoms with Gasteiger partial charge in [0.05, 0.1) is 18.8 Å². The fourth-order valence-electron chi connectivity index (χ4n) is 2.60. The highest BCUT2D eigenvalue weighted by Crippen LogP contribution is 2.38. The molecular weight excluding hydrogens is 522 g/mol. The third-order valence-electron chi connectivity index (χ3n) is 4.07. The molecule has 1 unspecified atom stereocenters. The molecule has 0 aliphatic heterocycles. The second-order valence-electron chi connectivity index (χ2n) is 6.30. The number of anilines is 1. The Morgan fingerprint density at radius 2 is 1.59 bits per heavy atom. The van der Waals surface area contributed by atoms with Gasteiger partial charge < -0.3 is 20.1 Å². The van der Waals surface area contributed by atoms with E-state index in [-0.39, 0.29) is 34.2 Å². The maximum absolute atomic E-state index is 12.7. The number of carbonyl (C=O) groups is 3. The van der Waals surface area contributed by atoms with E-state index >= 15 is 0 Å². The Morgan fingerprint density at radius 1 is 1.03 bits per heavy atom. The fourth-order valence-corrected chi connectivity index (χ4v) is 4.17. The largest absolute Gasteiger partial charge is 0.462 e. The molecule has 1 atom stereocenters. The zero-order chi connectivity index (χ0) is 24.1. The van der Waals surface area contributed by atoms with Gasteiger partial charge in [0.15, 0.2) is 0 Å². The van der Waals surface area contributed by atoms with Crippen LogP contribution in [-0.2, 0) is 9.47 Å². The van der Waals surface area contributed by atoms with E-state index in [2.05, 4.69) is 10.6 Å². The van der Waals surface area contributed by atoms with Gasteiger partial charge in [0.2, 0.25) is 3.79 Å². The lowest BCUT2D eigenvalue weighted by Crippen LogP contribution is -2.49. The first-order valence-electron chi connectivity index (χ1n) is 9.36. The second-order valence-corrected chi connectivity index (χ2v) is 10.1. The van der Waals surface area contributed by atoms with Crippen LogP contribution in [0.4, 0.5) is 5.00 Å². The summed E-state index contributed by atoms with van der Waals surface area (Å²) >= 11 is 25.0. The first-order valence-corrected chi connectivity index (χ1v) is 11.7. The van der Waals surface area contributed by atoms with Gasteiger partial charge >= 0.3 is 11.9 Å². The molecule has 0 aliphatic carbocycles. The first kappa shape index (κ1) is 26.5. The predicted octanol–water partition coefficient (Wildman–Crippen LogP) is 5.60. The van der Waals surface area contributed by atoms with Gasteiger partial charge in [-0.15, -0.1) is 11.3 Å². The van der Waals surface area contributed by atoms with E-state index in [1.807, 2.05) is 0 Å². The summed E-state index contributed by atoms with van der Waals surface area (Å²) in [5, 5.41) is 6.06. The van der Waals surface area contributed by atoms with Crippen molar-refractivity contribution in [2.45, 2.75) is 30.7 Å². The van der Waals surface area contributed by atoms with E-state index in [0.29, 0.717) is 10.6 Å². The van der Waals surface area contributed by atoms with Crippen molar-refractivity contribution >= 4 is 80.6 Å². The molecule has 1 aromatic heterocycles. The number of rotatable bonds is 8. The molecule has 0 bridgehead atoms. The monoisotopic (exact) mass is 540 g/mol. The Bertz CT molecular complexity index is 989. The molecule has 2 N–H and O–H groups in total. The smallest absolute Gasteiger partial charge is 0.348 e. The topological polar surface area (TPSA) is 93.7 Å². The highest BCUT2D eigenvalue weighted by molar-refractivity contribution is 7.18. The number of benzene rings is 1.